The Labute approximate surface area is 241 Å². The fourth-order valence-corrected chi connectivity index (χ4v) is 4.40. The van der Waals surface area contributed by atoms with E-state index in [0.717, 1.165) is 31.7 Å². The number of aliphatic hydroxyl groups is 2. The van der Waals surface area contributed by atoms with Gasteiger partial charge in [0.15, 0.2) is 5.69 Å². The van der Waals surface area contributed by atoms with E-state index < -0.39 is 63.8 Å². The molecule has 0 aliphatic heterocycles. The zero-order chi connectivity index (χ0) is 31.0. The number of aliphatic hydroxyl groups excluding tert-OH is 2. The van der Waals surface area contributed by atoms with Crippen LogP contribution in [0.4, 0.5) is 14.8 Å². The molecule has 4 atom stereocenters. The number of rotatable bonds is 14. The first-order valence-corrected chi connectivity index (χ1v) is 14.5. The molecule has 2 aromatic carbocycles. The molecule has 0 unspecified atom stereocenters. The van der Waals surface area contributed by atoms with Crippen LogP contribution in [0.25, 0.3) is 0 Å². The number of amides is 2. The first-order chi connectivity index (χ1) is 19.8. The number of sulfonamides is 1. The standard InChI is InChI=1S/C27H32F2N4O8S/c1-33(42(3,38)39)27-32-22(15-41-27)26(37)31-21(13-16-11-18(28)14-19(29)12-16)24(35)23(34)20(9-10-40-2)30-25(36)17-7-5-4-6-8-17/h4-8,11-12,14-15,20-21,23-24,34-35H,9-10,13H2,1-3H3,(H,30,36)(H,31,37)/t20-,21+,23-,24-/m1/s1. The van der Waals surface area contributed by atoms with Gasteiger partial charge in [0.25, 0.3) is 11.8 Å². The Morgan fingerprint density at radius 2 is 1.62 bits per heavy atom. The second-order valence-corrected chi connectivity index (χ2v) is 11.5. The Kier molecular flexibility index (Phi) is 11.1. The topological polar surface area (TPSA) is 171 Å². The Morgan fingerprint density at radius 1 is 1.02 bits per heavy atom. The van der Waals surface area contributed by atoms with E-state index in [-0.39, 0.29) is 30.7 Å². The molecule has 3 aromatic rings. The molecule has 4 N–H and O–H groups in total. The number of hydrogen-bond donors (Lipinski definition) is 4. The summed E-state index contributed by atoms with van der Waals surface area (Å²) in [7, 11) is -1.18. The molecule has 15 heteroatoms. The molecule has 1 aromatic heterocycles. The van der Waals surface area contributed by atoms with Crippen molar-refractivity contribution in [3.05, 3.63) is 83.2 Å². The number of benzene rings is 2. The van der Waals surface area contributed by atoms with Crippen LogP contribution >= 0.6 is 0 Å². The van der Waals surface area contributed by atoms with Crippen molar-refractivity contribution >= 4 is 27.9 Å². The molecule has 0 aliphatic carbocycles. The summed E-state index contributed by atoms with van der Waals surface area (Å²) in [5.74, 6) is -3.28. The van der Waals surface area contributed by atoms with Crippen molar-refractivity contribution in [2.24, 2.45) is 0 Å². The van der Waals surface area contributed by atoms with Crippen LogP contribution in [0.1, 0.15) is 32.8 Å². The van der Waals surface area contributed by atoms with Crippen LogP contribution in [0.2, 0.25) is 0 Å². The van der Waals surface area contributed by atoms with Crippen molar-refractivity contribution in [1.29, 1.82) is 0 Å². The highest BCUT2D eigenvalue weighted by atomic mass is 32.2. The molecule has 2 amide bonds. The Balaban J connectivity index is 1.89. The average molecular weight is 611 g/mol. The lowest BCUT2D eigenvalue weighted by atomic mass is 9.92. The Morgan fingerprint density at radius 3 is 2.21 bits per heavy atom. The van der Waals surface area contributed by atoms with Crippen molar-refractivity contribution in [3.63, 3.8) is 0 Å². The van der Waals surface area contributed by atoms with E-state index >= 15 is 0 Å². The number of hydrogen-bond acceptors (Lipinski definition) is 9. The molecule has 0 aliphatic rings. The highest BCUT2D eigenvalue weighted by molar-refractivity contribution is 7.92. The van der Waals surface area contributed by atoms with Crippen LogP contribution in [-0.2, 0) is 21.2 Å². The van der Waals surface area contributed by atoms with E-state index in [2.05, 4.69) is 15.6 Å². The summed E-state index contributed by atoms with van der Waals surface area (Å²) >= 11 is 0. The monoisotopic (exact) mass is 610 g/mol. The van der Waals surface area contributed by atoms with Crippen LogP contribution in [0.3, 0.4) is 0 Å². The van der Waals surface area contributed by atoms with Crippen LogP contribution < -0.4 is 14.9 Å². The summed E-state index contributed by atoms with van der Waals surface area (Å²) in [6.45, 7) is 0.0885. The number of methoxy groups -OCH3 is 1. The number of carbonyl (C=O) groups excluding carboxylic acids is 2. The minimum atomic E-state index is -3.76. The number of aromatic nitrogens is 1. The van der Waals surface area contributed by atoms with Crippen LogP contribution in [0.15, 0.2) is 59.2 Å². The van der Waals surface area contributed by atoms with E-state index in [0.29, 0.717) is 15.9 Å². The maximum atomic E-state index is 13.9. The number of nitrogens with one attached hydrogen (secondary N) is 2. The van der Waals surface area contributed by atoms with Gasteiger partial charge in [-0.05, 0) is 42.7 Å². The van der Waals surface area contributed by atoms with Gasteiger partial charge >= 0.3 is 6.01 Å². The van der Waals surface area contributed by atoms with E-state index in [1.54, 1.807) is 30.3 Å². The number of carbonyl (C=O) groups is 2. The molecule has 0 saturated heterocycles. The second-order valence-electron chi connectivity index (χ2n) is 9.52. The van der Waals surface area contributed by atoms with Crippen molar-refractivity contribution in [2.75, 3.05) is 31.3 Å². The lowest BCUT2D eigenvalue weighted by molar-refractivity contribution is -0.0269. The quantitative estimate of drug-likeness (QED) is 0.210. The van der Waals surface area contributed by atoms with E-state index in [4.69, 9.17) is 9.15 Å². The third kappa shape index (κ3) is 8.79. The van der Waals surface area contributed by atoms with E-state index in [1.165, 1.54) is 7.11 Å². The molecular weight excluding hydrogens is 578 g/mol. The van der Waals surface area contributed by atoms with Crippen molar-refractivity contribution in [1.82, 2.24) is 15.6 Å². The van der Waals surface area contributed by atoms with Crippen LogP contribution in [0.5, 0.6) is 0 Å². The first kappa shape index (κ1) is 32.6. The van der Waals surface area contributed by atoms with Gasteiger partial charge in [-0.1, -0.05) is 18.2 Å². The molecule has 42 heavy (non-hydrogen) atoms. The lowest BCUT2D eigenvalue weighted by Crippen LogP contribution is -2.57. The summed E-state index contributed by atoms with van der Waals surface area (Å²) in [5, 5.41) is 27.5. The SMILES string of the molecule is COCC[C@@H](NC(=O)c1ccccc1)[C@@H](O)[C@H](O)[C@H](Cc1cc(F)cc(F)c1)NC(=O)c1coc(N(C)S(C)(=O)=O)n1. The van der Waals surface area contributed by atoms with Crippen molar-refractivity contribution in [2.45, 2.75) is 37.1 Å². The fourth-order valence-electron chi connectivity index (χ4n) is 4.03. The normalized spacial score (nSPS) is 14.5. The molecule has 3 rings (SSSR count). The predicted molar refractivity (Wildman–Crippen MR) is 147 cm³/mol. The number of nitrogens with zero attached hydrogens (tertiary/aromatic N) is 2. The first-order valence-electron chi connectivity index (χ1n) is 12.7. The van der Waals surface area contributed by atoms with Gasteiger partial charge < -0.3 is 30.0 Å². The Hall–Kier alpha value is -3.92. The summed E-state index contributed by atoms with van der Waals surface area (Å²) in [6, 6.07) is 7.92. The number of anilines is 1. The highest BCUT2D eigenvalue weighted by Gasteiger charge is 2.35. The van der Waals surface area contributed by atoms with Crippen LogP contribution in [-0.4, -0.2) is 86.7 Å². The third-order valence-electron chi connectivity index (χ3n) is 6.35. The molecule has 228 valence electrons. The minimum absolute atomic E-state index is 0.0449. The lowest BCUT2D eigenvalue weighted by Gasteiger charge is -2.33. The number of oxazole rings is 1. The van der Waals surface area contributed by atoms with Gasteiger partial charge in [0.1, 0.15) is 30.1 Å². The predicted octanol–water partition coefficient (Wildman–Crippen LogP) is 1.25. The van der Waals surface area contributed by atoms with Gasteiger partial charge in [0, 0.05) is 32.4 Å². The summed E-state index contributed by atoms with van der Waals surface area (Å²) in [5.41, 5.74) is -0.0306. The molecule has 12 nitrogen and oxygen atoms in total. The maximum absolute atomic E-state index is 13.9. The Bertz CT molecular complexity index is 1450. The number of ether oxygens (including phenoxy) is 1. The summed E-state index contributed by atoms with van der Waals surface area (Å²) in [4.78, 5) is 29.7. The molecule has 0 spiro atoms. The van der Waals surface area contributed by atoms with Gasteiger partial charge in [-0.3, -0.25) is 9.59 Å². The van der Waals surface area contributed by atoms with Gasteiger partial charge in [-0.2, -0.15) is 4.98 Å². The molecule has 0 saturated carbocycles. The molecule has 0 radical (unpaired) electrons. The van der Waals surface area contributed by atoms with Gasteiger partial charge in [0.2, 0.25) is 10.0 Å². The van der Waals surface area contributed by atoms with Gasteiger partial charge in [0.05, 0.1) is 18.3 Å². The van der Waals surface area contributed by atoms with Gasteiger partial charge in [-0.25, -0.2) is 21.5 Å². The minimum Gasteiger partial charge on any atom is -0.430 e. The van der Waals surface area contributed by atoms with Gasteiger partial charge in [-0.15, -0.1) is 0 Å². The zero-order valence-corrected chi connectivity index (χ0v) is 23.8. The van der Waals surface area contributed by atoms with Crippen molar-refractivity contribution < 1.29 is 46.2 Å². The second kappa shape index (κ2) is 14.3. The highest BCUT2D eigenvalue weighted by Crippen LogP contribution is 2.18. The summed E-state index contributed by atoms with van der Waals surface area (Å²) < 4.78 is 62.3. The van der Waals surface area contributed by atoms with E-state index in [9.17, 15) is 37.0 Å². The number of halogens is 2. The van der Waals surface area contributed by atoms with E-state index in [1.807, 2.05) is 0 Å². The third-order valence-corrected chi connectivity index (χ3v) is 7.50. The fraction of sp³-hybridized carbons (Fsp3) is 0.370. The summed E-state index contributed by atoms with van der Waals surface area (Å²) in [6.07, 6.45) is -1.98. The largest absolute Gasteiger partial charge is 0.430 e. The molecular formula is C27H32F2N4O8S. The molecule has 0 bridgehead atoms. The zero-order valence-electron chi connectivity index (χ0n) is 23.0. The average Bonchev–Trinajstić information content (AvgIpc) is 3.43. The molecule has 0 fully saturated rings. The smallest absolute Gasteiger partial charge is 0.311 e. The maximum Gasteiger partial charge on any atom is 0.311 e. The van der Waals surface area contributed by atoms with Crippen LogP contribution in [0, 0.1) is 11.6 Å². The molecule has 1 heterocycles. The van der Waals surface area contributed by atoms with Crippen molar-refractivity contribution in [3.8, 4) is 0 Å².